The number of nitrogens with zero attached hydrogens (tertiary/aromatic N) is 2. The van der Waals surface area contributed by atoms with Crippen LogP contribution in [0.2, 0.25) is 0 Å². The zero-order valence-electron chi connectivity index (χ0n) is 24.0. The van der Waals surface area contributed by atoms with E-state index < -0.39 is 17.7 Å². The Kier molecular flexibility index (Phi) is 8.00. The highest BCUT2D eigenvalue weighted by molar-refractivity contribution is 6.06. The molecule has 3 aromatic carbocycles. The molecule has 1 fully saturated rings. The van der Waals surface area contributed by atoms with E-state index in [-0.39, 0.29) is 25.0 Å². The number of amides is 3. The lowest BCUT2D eigenvalue weighted by Gasteiger charge is -2.36. The van der Waals surface area contributed by atoms with Crippen LogP contribution in [0.15, 0.2) is 60.3 Å². The van der Waals surface area contributed by atoms with Crippen LogP contribution in [0.4, 0.5) is 14.9 Å². The second-order valence-corrected chi connectivity index (χ2v) is 10.8. The number of carbonyl (C=O) groups excluding carboxylic acids is 2. The lowest BCUT2D eigenvalue weighted by molar-refractivity contribution is -0.147. The van der Waals surface area contributed by atoms with Gasteiger partial charge in [0.25, 0.3) is 5.91 Å². The standard InChI is InChI=1S/C32H33FN4O5/c1-18-23(20-11-27(33)26(29(12-20)42-4)17-37-15-22(16-37)31(39)40)7-5-8-24(18)25-9-6-10-28(19(25)2)35-30(38)21-13-34-32(41)36(3)14-21/h5-13,22H,14-17H2,1-4H3,(H,34,41)(H,35,38)(H,39,40). The van der Waals surface area contributed by atoms with Crippen molar-refractivity contribution >= 4 is 23.6 Å². The molecule has 9 nitrogen and oxygen atoms in total. The average molecular weight is 573 g/mol. The fraction of sp³-hybridized carbons (Fsp3) is 0.281. The van der Waals surface area contributed by atoms with Gasteiger partial charge in [-0.25, -0.2) is 9.18 Å². The van der Waals surface area contributed by atoms with E-state index in [0.717, 1.165) is 27.8 Å². The van der Waals surface area contributed by atoms with Crippen LogP contribution in [0, 0.1) is 25.6 Å². The summed E-state index contributed by atoms with van der Waals surface area (Å²) in [7, 11) is 3.12. The number of methoxy groups -OCH3 is 1. The molecule has 0 aromatic heterocycles. The zero-order valence-corrected chi connectivity index (χ0v) is 24.0. The van der Waals surface area contributed by atoms with E-state index in [4.69, 9.17) is 9.84 Å². The van der Waals surface area contributed by atoms with Gasteiger partial charge in [0, 0.05) is 44.1 Å². The quantitative estimate of drug-likeness (QED) is 0.358. The minimum Gasteiger partial charge on any atom is -0.496 e. The number of likely N-dealkylation sites (N-methyl/N-ethyl adjacent to an activating group) is 1. The van der Waals surface area contributed by atoms with Gasteiger partial charge >= 0.3 is 12.0 Å². The Morgan fingerprint density at radius 3 is 2.40 bits per heavy atom. The van der Waals surface area contributed by atoms with Gasteiger partial charge in [-0.2, -0.15) is 0 Å². The SMILES string of the molecule is COc1cc(-c2cccc(-c3cccc(NC(=O)C4=CNC(=O)N(C)C4)c3C)c2C)cc(F)c1CN1CC(C(=O)O)C1. The van der Waals surface area contributed by atoms with Gasteiger partial charge in [-0.15, -0.1) is 0 Å². The maximum absolute atomic E-state index is 15.5. The molecule has 0 spiro atoms. The van der Waals surface area contributed by atoms with Gasteiger partial charge in [0.15, 0.2) is 0 Å². The van der Waals surface area contributed by atoms with Crippen LogP contribution in [0.25, 0.3) is 22.3 Å². The molecule has 0 unspecified atom stereocenters. The summed E-state index contributed by atoms with van der Waals surface area (Å²) in [5.74, 6) is -1.56. The smallest absolute Gasteiger partial charge is 0.321 e. The summed E-state index contributed by atoms with van der Waals surface area (Å²) >= 11 is 0. The van der Waals surface area contributed by atoms with Crippen LogP contribution in [0.3, 0.4) is 0 Å². The Hall–Kier alpha value is -4.70. The van der Waals surface area contributed by atoms with Gasteiger partial charge in [0.05, 0.1) is 25.1 Å². The molecular formula is C32H33FN4O5. The number of halogens is 1. The number of nitrogens with one attached hydrogen (secondary N) is 2. The van der Waals surface area contributed by atoms with Crippen LogP contribution < -0.4 is 15.4 Å². The average Bonchev–Trinajstić information content (AvgIpc) is 2.93. The number of carboxylic acid groups (broad SMARTS) is 1. The topological polar surface area (TPSA) is 111 Å². The number of rotatable bonds is 8. The Balaban J connectivity index is 1.42. The Morgan fingerprint density at radius 1 is 1.07 bits per heavy atom. The molecule has 0 radical (unpaired) electrons. The summed E-state index contributed by atoms with van der Waals surface area (Å²) in [5.41, 5.74) is 6.66. The molecule has 1 saturated heterocycles. The molecule has 0 atom stereocenters. The number of carbonyl (C=O) groups is 3. The van der Waals surface area contributed by atoms with Crippen molar-refractivity contribution in [2.75, 3.05) is 39.1 Å². The molecule has 2 aliphatic heterocycles. The highest BCUT2D eigenvalue weighted by Gasteiger charge is 2.33. The first-order valence-corrected chi connectivity index (χ1v) is 13.6. The monoisotopic (exact) mass is 572 g/mol. The number of hydrogen-bond donors (Lipinski definition) is 3. The highest BCUT2D eigenvalue weighted by atomic mass is 19.1. The van der Waals surface area contributed by atoms with E-state index in [2.05, 4.69) is 10.6 Å². The number of urea groups is 1. The first-order valence-electron chi connectivity index (χ1n) is 13.6. The van der Waals surface area contributed by atoms with Gasteiger partial charge < -0.3 is 25.4 Å². The predicted octanol–water partition coefficient (Wildman–Crippen LogP) is 4.78. The number of aliphatic carboxylic acids is 1. The molecule has 3 N–H and O–H groups in total. The van der Waals surface area contributed by atoms with Crippen LogP contribution >= 0.6 is 0 Å². The van der Waals surface area contributed by atoms with Crippen LogP contribution in [-0.2, 0) is 16.1 Å². The Labute approximate surface area is 243 Å². The normalized spacial score (nSPS) is 15.5. The fourth-order valence-corrected chi connectivity index (χ4v) is 5.46. The van der Waals surface area contributed by atoms with Crippen molar-refractivity contribution in [2.45, 2.75) is 20.4 Å². The van der Waals surface area contributed by atoms with Crippen molar-refractivity contribution in [2.24, 2.45) is 5.92 Å². The van der Waals surface area contributed by atoms with E-state index in [9.17, 15) is 14.4 Å². The summed E-state index contributed by atoms with van der Waals surface area (Å²) in [6.45, 7) is 5.15. The van der Waals surface area contributed by atoms with Gasteiger partial charge in [0.1, 0.15) is 11.6 Å². The minimum absolute atomic E-state index is 0.206. The maximum Gasteiger partial charge on any atom is 0.321 e. The number of ether oxygens (including phenoxy) is 1. The van der Waals surface area contributed by atoms with E-state index in [0.29, 0.717) is 41.2 Å². The molecule has 0 saturated carbocycles. The molecule has 2 heterocycles. The van der Waals surface area contributed by atoms with Gasteiger partial charge in [-0.05, 0) is 65.4 Å². The zero-order chi connectivity index (χ0) is 30.1. The third-order valence-electron chi connectivity index (χ3n) is 8.00. The Bertz CT molecular complexity index is 1610. The van der Waals surface area contributed by atoms with Gasteiger partial charge in [-0.3, -0.25) is 14.5 Å². The van der Waals surface area contributed by atoms with E-state index in [1.54, 1.807) is 7.05 Å². The number of carboxylic acids is 1. The fourth-order valence-electron chi connectivity index (χ4n) is 5.46. The molecule has 2 aliphatic rings. The third-order valence-corrected chi connectivity index (χ3v) is 8.00. The lowest BCUT2D eigenvalue weighted by Crippen LogP contribution is -2.49. The van der Waals surface area contributed by atoms with Crippen molar-refractivity contribution in [3.63, 3.8) is 0 Å². The highest BCUT2D eigenvalue weighted by Crippen LogP contribution is 2.38. The summed E-state index contributed by atoms with van der Waals surface area (Å²) in [4.78, 5) is 39.1. The molecule has 0 bridgehead atoms. The molecule has 218 valence electrons. The summed E-state index contributed by atoms with van der Waals surface area (Å²) in [6, 6.07) is 14.6. The number of anilines is 1. The van der Waals surface area contributed by atoms with Gasteiger partial charge in [0.2, 0.25) is 0 Å². The third kappa shape index (κ3) is 5.58. The largest absolute Gasteiger partial charge is 0.496 e. The van der Waals surface area contributed by atoms with Crippen LogP contribution in [0.5, 0.6) is 5.75 Å². The van der Waals surface area contributed by atoms with Crippen LogP contribution in [-0.4, -0.2) is 66.6 Å². The van der Waals surface area contributed by atoms with Crippen molar-refractivity contribution in [1.82, 2.24) is 15.1 Å². The molecule has 42 heavy (non-hydrogen) atoms. The van der Waals surface area contributed by atoms with E-state index >= 15 is 4.39 Å². The number of likely N-dealkylation sites (tertiary alicyclic amines) is 1. The number of benzene rings is 3. The molecule has 3 aromatic rings. The summed E-state index contributed by atoms with van der Waals surface area (Å²) in [6.07, 6.45) is 1.43. The van der Waals surface area contributed by atoms with Crippen molar-refractivity contribution < 1.29 is 28.6 Å². The molecule has 5 rings (SSSR count). The predicted molar refractivity (Wildman–Crippen MR) is 158 cm³/mol. The van der Waals surface area contributed by atoms with E-state index in [1.807, 2.05) is 61.2 Å². The minimum atomic E-state index is -0.836. The number of hydrogen-bond acceptors (Lipinski definition) is 5. The second kappa shape index (κ2) is 11.7. The summed E-state index contributed by atoms with van der Waals surface area (Å²) < 4.78 is 21.0. The van der Waals surface area contributed by atoms with Crippen molar-refractivity contribution in [1.29, 1.82) is 0 Å². The summed E-state index contributed by atoms with van der Waals surface area (Å²) in [5, 5.41) is 14.7. The molecule has 10 heteroatoms. The molecule has 0 aliphatic carbocycles. The van der Waals surface area contributed by atoms with Crippen molar-refractivity contribution in [3.05, 3.63) is 82.8 Å². The van der Waals surface area contributed by atoms with E-state index in [1.165, 1.54) is 24.3 Å². The first-order chi connectivity index (χ1) is 20.1. The Morgan fingerprint density at radius 2 is 1.74 bits per heavy atom. The van der Waals surface area contributed by atoms with Gasteiger partial charge in [-0.1, -0.05) is 30.3 Å². The maximum atomic E-state index is 15.5. The first kappa shape index (κ1) is 28.8. The molecule has 3 amide bonds. The molecular weight excluding hydrogens is 539 g/mol. The van der Waals surface area contributed by atoms with Crippen molar-refractivity contribution in [3.8, 4) is 28.0 Å². The lowest BCUT2D eigenvalue weighted by atomic mass is 9.90. The van der Waals surface area contributed by atoms with Crippen LogP contribution in [0.1, 0.15) is 16.7 Å². The second-order valence-electron chi connectivity index (χ2n) is 10.8.